The molecule has 0 bridgehead atoms. The monoisotopic (exact) mass is 257 g/mol. The molecule has 1 aromatic carbocycles. The number of hydrogen-bond acceptors (Lipinski definition) is 2. The maximum atomic E-state index is 12.6. The van der Waals surface area contributed by atoms with Crippen molar-refractivity contribution in [3.8, 4) is 0 Å². The highest BCUT2D eigenvalue weighted by atomic mass is 16.3. The van der Waals surface area contributed by atoms with Gasteiger partial charge in [0.1, 0.15) is 5.76 Å². The van der Waals surface area contributed by atoms with Crippen molar-refractivity contribution in [2.45, 2.75) is 26.7 Å². The number of carbonyl (C=O) groups is 1. The second-order valence-electron chi connectivity index (χ2n) is 4.54. The van der Waals surface area contributed by atoms with Crippen LogP contribution >= 0.6 is 0 Å². The number of hydrogen-bond donors (Lipinski definition) is 0. The maximum Gasteiger partial charge on any atom is 0.261 e. The van der Waals surface area contributed by atoms with Gasteiger partial charge < -0.3 is 9.32 Å². The van der Waals surface area contributed by atoms with Crippen molar-refractivity contribution in [2.24, 2.45) is 0 Å². The van der Waals surface area contributed by atoms with E-state index in [1.807, 2.05) is 42.2 Å². The van der Waals surface area contributed by atoms with E-state index in [1.165, 1.54) is 0 Å². The quantitative estimate of drug-likeness (QED) is 0.810. The van der Waals surface area contributed by atoms with Gasteiger partial charge in [0.15, 0.2) is 0 Å². The third-order valence-electron chi connectivity index (χ3n) is 3.14. The second-order valence-corrected chi connectivity index (χ2v) is 4.54. The molecule has 0 aliphatic heterocycles. The molecule has 1 amide bonds. The molecule has 0 unspecified atom stereocenters. The molecule has 0 radical (unpaired) electrons. The molecule has 0 aliphatic rings. The van der Waals surface area contributed by atoms with Crippen molar-refractivity contribution in [3.63, 3.8) is 0 Å². The van der Waals surface area contributed by atoms with Crippen LogP contribution in [0.4, 0.5) is 5.69 Å². The molecule has 3 nitrogen and oxygen atoms in total. The zero-order valence-electron chi connectivity index (χ0n) is 11.4. The van der Waals surface area contributed by atoms with Crippen LogP contribution in [-0.2, 0) is 0 Å². The van der Waals surface area contributed by atoms with Crippen molar-refractivity contribution in [3.05, 3.63) is 54.0 Å². The van der Waals surface area contributed by atoms with E-state index in [1.54, 1.807) is 12.3 Å². The first kappa shape index (κ1) is 13.4. The van der Waals surface area contributed by atoms with Gasteiger partial charge in [0.2, 0.25) is 0 Å². The summed E-state index contributed by atoms with van der Waals surface area (Å²) in [5.74, 6) is 0.674. The van der Waals surface area contributed by atoms with Crippen LogP contribution in [0.5, 0.6) is 0 Å². The Balaban J connectivity index is 2.28. The summed E-state index contributed by atoms with van der Waals surface area (Å²) in [4.78, 5) is 14.4. The molecule has 2 aromatic rings. The van der Waals surface area contributed by atoms with Gasteiger partial charge in [-0.1, -0.05) is 31.5 Å². The minimum atomic E-state index is 0.00546. The van der Waals surface area contributed by atoms with Gasteiger partial charge >= 0.3 is 0 Å². The highest BCUT2D eigenvalue weighted by Gasteiger charge is 2.20. The minimum Gasteiger partial charge on any atom is -0.469 e. The lowest BCUT2D eigenvalue weighted by Crippen LogP contribution is -2.32. The molecule has 19 heavy (non-hydrogen) atoms. The van der Waals surface area contributed by atoms with Crippen molar-refractivity contribution in [2.75, 3.05) is 11.4 Å². The second kappa shape index (κ2) is 6.23. The number of nitrogens with zero attached hydrogens (tertiary/aromatic N) is 1. The van der Waals surface area contributed by atoms with E-state index in [0.717, 1.165) is 25.1 Å². The van der Waals surface area contributed by atoms with Crippen molar-refractivity contribution in [1.82, 2.24) is 0 Å². The fourth-order valence-corrected chi connectivity index (χ4v) is 2.02. The zero-order chi connectivity index (χ0) is 13.7. The van der Waals surface area contributed by atoms with Crippen molar-refractivity contribution >= 4 is 11.6 Å². The number of anilines is 1. The Kier molecular flexibility index (Phi) is 4.39. The average molecular weight is 257 g/mol. The maximum absolute atomic E-state index is 12.6. The number of rotatable bonds is 5. The zero-order valence-corrected chi connectivity index (χ0v) is 11.4. The number of para-hydroxylation sites is 1. The molecule has 0 atom stereocenters. The van der Waals surface area contributed by atoms with Crippen LogP contribution in [0.1, 0.15) is 35.9 Å². The summed E-state index contributed by atoms with van der Waals surface area (Å²) in [6.07, 6.45) is 3.60. The van der Waals surface area contributed by atoms with Gasteiger partial charge in [-0.25, -0.2) is 0 Å². The van der Waals surface area contributed by atoms with Crippen LogP contribution < -0.4 is 4.90 Å². The van der Waals surface area contributed by atoms with Gasteiger partial charge in [-0.15, -0.1) is 0 Å². The molecule has 1 heterocycles. The molecule has 0 N–H and O–H groups in total. The van der Waals surface area contributed by atoms with E-state index in [9.17, 15) is 4.79 Å². The predicted octanol–water partition coefficient (Wildman–Crippen LogP) is 4.03. The van der Waals surface area contributed by atoms with E-state index < -0.39 is 0 Å². The number of amides is 1. The number of furan rings is 1. The molecule has 0 saturated heterocycles. The van der Waals surface area contributed by atoms with E-state index >= 15 is 0 Å². The van der Waals surface area contributed by atoms with Crippen LogP contribution in [0.15, 0.2) is 47.1 Å². The van der Waals surface area contributed by atoms with Crippen molar-refractivity contribution < 1.29 is 9.21 Å². The van der Waals surface area contributed by atoms with Crippen LogP contribution in [0.25, 0.3) is 0 Å². The first-order valence-electron chi connectivity index (χ1n) is 6.65. The first-order valence-corrected chi connectivity index (χ1v) is 6.65. The highest BCUT2D eigenvalue weighted by molar-refractivity contribution is 6.06. The number of unbranched alkanes of at least 4 members (excludes halogenated alkanes) is 1. The van der Waals surface area contributed by atoms with E-state index in [-0.39, 0.29) is 5.91 Å². The molecule has 0 saturated carbocycles. The minimum absolute atomic E-state index is 0.00546. The summed E-state index contributed by atoms with van der Waals surface area (Å²) in [6, 6.07) is 11.5. The van der Waals surface area contributed by atoms with Gasteiger partial charge in [0.25, 0.3) is 5.91 Å². The van der Waals surface area contributed by atoms with Gasteiger partial charge in [-0.2, -0.15) is 0 Å². The average Bonchev–Trinajstić information content (AvgIpc) is 2.86. The van der Waals surface area contributed by atoms with Crippen LogP contribution in [0, 0.1) is 6.92 Å². The molecule has 0 aliphatic carbocycles. The lowest BCUT2D eigenvalue weighted by atomic mass is 10.2. The Morgan fingerprint density at radius 1 is 1.21 bits per heavy atom. The fourth-order valence-electron chi connectivity index (χ4n) is 2.02. The number of carbonyl (C=O) groups excluding carboxylic acids is 1. The third-order valence-corrected chi connectivity index (χ3v) is 3.14. The third kappa shape index (κ3) is 3.05. The van der Waals surface area contributed by atoms with Gasteiger partial charge in [0, 0.05) is 12.2 Å². The Morgan fingerprint density at radius 3 is 2.53 bits per heavy atom. The SMILES string of the molecule is CCCCN(C(=O)c1ccoc1C)c1ccccc1. The summed E-state index contributed by atoms with van der Waals surface area (Å²) in [7, 11) is 0. The van der Waals surface area contributed by atoms with Crippen molar-refractivity contribution in [1.29, 1.82) is 0 Å². The van der Waals surface area contributed by atoms with Crippen LogP contribution in [0.2, 0.25) is 0 Å². The molecule has 2 rings (SSSR count). The topological polar surface area (TPSA) is 33.5 Å². The Labute approximate surface area is 113 Å². The van der Waals surface area contributed by atoms with E-state index in [4.69, 9.17) is 4.42 Å². The first-order chi connectivity index (χ1) is 9.24. The fraction of sp³-hybridized carbons (Fsp3) is 0.312. The normalized spacial score (nSPS) is 10.4. The van der Waals surface area contributed by atoms with Gasteiger partial charge in [0.05, 0.1) is 11.8 Å². The summed E-state index contributed by atoms with van der Waals surface area (Å²) in [6.45, 7) is 4.66. The smallest absolute Gasteiger partial charge is 0.261 e. The molecule has 100 valence electrons. The molecule has 0 spiro atoms. The van der Waals surface area contributed by atoms with Gasteiger partial charge in [-0.3, -0.25) is 4.79 Å². The summed E-state index contributed by atoms with van der Waals surface area (Å²) < 4.78 is 5.23. The Morgan fingerprint density at radius 2 is 1.95 bits per heavy atom. The number of aryl methyl sites for hydroxylation is 1. The van der Waals surface area contributed by atoms with E-state index in [0.29, 0.717) is 11.3 Å². The summed E-state index contributed by atoms with van der Waals surface area (Å²) >= 11 is 0. The van der Waals surface area contributed by atoms with Crippen LogP contribution in [0.3, 0.4) is 0 Å². The molecule has 0 fully saturated rings. The van der Waals surface area contributed by atoms with Crippen LogP contribution in [-0.4, -0.2) is 12.5 Å². The summed E-state index contributed by atoms with van der Waals surface area (Å²) in [5.41, 5.74) is 1.57. The molecule has 3 heteroatoms. The lowest BCUT2D eigenvalue weighted by Gasteiger charge is -2.22. The summed E-state index contributed by atoms with van der Waals surface area (Å²) in [5, 5.41) is 0. The standard InChI is InChI=1S/C16H19NO2/c1-3-4-11-17(14-8-6-5-7-9-14)16(18)15-10-12-19-13(15)2/h5-10,12H,3-4,11H2,1-2H3. The largest absolute Gasteiger partial charge is 0.469 e. The predicted molar refractivity (Wildman–Crippen MR) is 76.5 cm³/mol. The number of benzene rings is 1. The Hall–Kier alpha value is -2.03. The van der Waals surface area contributed by atoms with Gasteiger partial charge in [-0.05, 0) is 31.5 Å². The molecular weight excluding hydrogens is 238 g/mol. The Bertz CT molecular complexity index is 531. The highest BCUT2D eigenvalue weighted by Crippen LogP contribution is 2.19. The molecule has 1 aromatic heterocycles. The molecular formula is C16H19NO2. The lowest BCUT2D eigenvalue weighted by molar-refractivity contribution is 0.0985. The van der Waals surface area contributed by atoms with E-state index in [2.05, 4.69) is 6.92 Å².